The first-order chi connectivity index (χ1) is 31.6. The highest BCUT2D eigenvalue weighted by Crippen LogP contribution is 2.38. The first-order valence-electron chi connectivity index (χ1n) is 22.1. The number of esters is 2. The van der Waals surface area contributed by atoms with Crippen LogP contribution >= 0.6 is 0 Å². The number of ether oxygens (including phenoxy) is 3. The topological polar surface area (TPSA) is 162 Å². The Hall–Kier alpha value is -7.54. The van der Waals surface area contributed by atoms with Crippen molar-refractivity contribution in [2.24, 2.45) is 0 Å². The molecule has 0 aliphatic carbocycles. The Morgan fingerprint density at radius 2 is 1.35 bits per heavy atom. The molecule has 1 heterocycles. The Morgan fingerprint density at radius 3 is 2.11 bits per heavy atom. The molecule has 13 nitrogen and oxygen atoms in total. The molecule has 0 saturated heterocycles. The molecule has 0 aliphatic heterocycles. The second-order valence-electron chi connectivity index (χ2n) is 16.0. The fraction of sp³-hybridized carbons (Fsp3) is 0.269. The van der Waals surface area contributed by atoms with Gasteiger partial charge < -0.3 is 24.6 Å². The van der Waals surface area contributed by atoms with Crippen LogP contribution in [0.5, 0.6) is 23.0 Å². The molecule has 0 unspecified atom stereocenters. The van der Waals surface area contributed by atoms with E-state index in [0.29, 0.717) is 40.1 Å². The highest BCUT2D eigenvalue weighted by molar-refractivity contribution is 6.12. The number of amides is 2. The number of aromatic hydroxyl groups is 1. The molecule has 7 aromatic rings. The number of nitrogens with one attached hydrogen (secondary N) is 1. The zero-order valence-corrected chi connectivity index (χ0v) is 36.9. The molecule has 0 spiro atoms. The van der Waals surface area contributed by atoms with Gasteiger partial charge in [-0.25, -0.2) is 14.4 Å². The van der Waals surface area contributed by atoms with Gasteiger partial charge in [0.05, 0.1) is 40.2 Å². The second-order valence-corrected chi connectivity index (χ2v) is 16.0. The third kappa shape index (κ3) is 11.2. The largest absolute Gasteiger partial charge is 0.506 e. The predicted molar refractivity (Wildman–Crippen MR) is 252 cm³/mol. The Labute approximate surface area is 377 Å². The molecule has 13 heteroatoms. The first-order valence-corrected chi connectivity index (χ1v) is 22.1. The van der Waals surface area contributed by atoms with E-state index >= 15 is 0 Å². The van der Waals surface area contributed by atoms with Crippen molar-refractivity contribution in [2.75, 3.05) is 23.9 Å². The second kappa shape index (κ2) is 21.7. The molecule has 2 N–H and O–H groups in total. The summed E-state index contributed by atoms with van der Waals surface area (Å²) in [7, 11) is 1.48. The van der Waals surface area contributed by atoms with Crippen LogP contribution < -0.4 is 24.4 Å². The number of rotatable bonds is 19. The van der Waals surface area contributed by atoms with Crippen molar-refractivity contribution in [3.8, 4) is 23.0 Å². The van der Waals surface area contributed by atoms with Crippen LogP contribution in [0.25, 0.3) is 21.8 Å². The minimum Gasteiger partial charge on any atom is -0.506 e. The molecule has 334 valence electrons. The molecule has 1 aromatic heterocycles. The summed E-state index contributed by atoms with van der Waals surface area (Å²) in [6.45, 7) is 4.64. The summed E-state index contributed by atoms with van der Waals surface area (Å²) in [4.78, 5) is 56.1. The molecule has 0 bridgehead atoms. The molecule has 6 aromatic carbocycles. The van der Waals surface area contributed by atoms with Crippen LogP contribution in [0.1, 0.15) is 108 Å². The van der Waals surface area contributed by atoms with Crippen molar-refractivity contribution >= 4 is 57.1 Å². The Balaban J connectivity index is 1.05. The molecule has 0 atom stereocenters. The number of benzene rings is 6. The lowest BCUT2D eigenvalue weighted by Gasteiger charge is -2.20. The van der Waals surface area contributed by atoms with E-state index in [0.717, 1.165) is 29.5 Å². The lowest BCUT2D eigenvalue weighted by atomic mass is 10.0. The minimum absolute atomic E-state index is 0.0165. The lowest BCUT2D eigenvalue weighted by molar-refractivity contribution is 0.0726. The van der Waals surface area contributed by atoms with E-state index in [2.05, 4.69) is 22.6 Å². The highest BCUT2D eigenvalue weighted by Gasteiger charge is 2.26. The van der Waals surface area contributed by atoms with Crippen LogP contribution in [0.3, 0.4) is 0 Å². The van der Waals surface area contributed by atoms with E-state index in [1.165, 1.54) is 81.2 Å². The van der Waals surface area contributed by atoms with E-state index in [-0.39, 0.29) is 39.4 Å². The summed E-state index contributed by atoms with van der Waals surface area (Å²) in [5.74, 6) is -1.44. The average Bonchev–Trinajstić information content (AvgIpc) is 3.75. The normalized spacial score (nSPS) is 11.1. The number of carbonyl (C=O) groups excluding carboxylic acids is 4. The zero-order chi connectivity index (χ0) is 45.7. The van der Waals surface area contributed by atoms with E-state index in [9.17, 15) is 24.3 Å². The van der Waals surface area contributed by atoms with Crippen molar-refractivity contribution in [1.29, 1.82) is 0 Å². The molecule has 0 radical (unpaired) electrons. The number of carbonyl (C=O) groups is 4. The maximum Gasteiger partial charge on any atom is 0.350 e. The number of nitrogens with zero attached hydrogens (tertiary/aromatic N) is 4. The van der Waals surface area contributed by atoms with E-state index in [1.807, 2.05) is 31.2 Å². The number of hydrogen-bond acceptors (Lipinski definition) is 10. The third-order valence-electron chi connectivity index (χ3n) is 11.2. The molecule has 0 fully saturated rings. The number of fused-ring (bicyclic) bond motifs is 2. The average molecular weight is 876 g/mol. The highest BCUT2D eigenvalue weighted by atomic mass is 16.5. The van der Waals surface area contributed by atoms with E-state index < -0.39 is 23.9 Å². The van der Waals surface area contributed by atoms with Gasteiger partial charge in [0.2, 0.25) is 0 Å². The number of anilines is 2. The monoisotopic (exact) mass is 875 g/mol. The van der Waals surface area contributed by atoms with Crippen LogP contribution in [0, 0.1) is 6.92 Å². The van der Waals surface area contributed by atoms with Gasteiger partial charge in [0.15, 0.2) is 0 Å². The van der Waals surface area contributed by atoms with Crippen molar-refractivity contribution in [2.45, 2.75) is 78.1 Å². The van der Waals surface area contributed by atoms with Crippen LogP contribution in [-0.4, -0.2) is 57.6 Å². The molecular weight excluding hydrogens is 823 g/mol. The number of aromatic nitrogens is 3. The molecular formula is C52H53N5O8. The lowest BCUT2D eigenvalue weighted by Crippen LogP contribution is -2.33. The standard InChI is InChI=1S/C52H53N5O8/c1-4-5-6-7-8-9-10-11-12-20-31-63-46-30-27-35(2)32-43(46)53-49(59)41-34-47(38-23-16-17-24-39(38)48(41)58)65-51(61)40-25-18-19-26-44(40)56(3)52(62)57-45-29-28-36(33-42(45)54-55-57)50(60)64-37-21-14-13-15-22-37/h13-19,21-30,32-34,58H,4-12,20,31H2,1-3H3,(H,53,59). The van der Waals surface area contributed by atoms with Crippen LogP contribution in [0.15, 0.2) is 121 Å². The zero-order valence-electron chi connectivity index (χ0n) is 36.9. The summed E-state index contributed by atoms with van der Waals surface area (Å²) < 4.78 is 18.7. The number of phenols is 1. The number of aryl methyl sites for hydroxylation is 1. The fourth-order valence-electron chi connectivity index (χ4n) is 7.60. The van der Waals surface area contributed by atoms with Gasteiger partial charge in [0.25, 0.3) is 5.91 Å². The minimum atomic E-state index is -0.825. The number of hydrogen-bond donors (Lipinski definition) is 2. The van der Waals surface area contributed by atoms with Gasteiger partial charge in [-0.3, -0.25) is 9.69 Å². The van der Waals surface area contributed by atoms with Gasteiger partial charge in [-0.15, -0.1) is 5.10 Å². The molecule has 2 amide bonds. The summed E-state index contributed by atoms with van der Waals surface area (Å²) in [6.07, 6.45) is 12.1. The van der Waals surface area contributed by atoms with Crippen molar-refractivity contribution in [3.63, 3.8) is 0 Å². The van der Waals surface area contributed by atoms with Crippen LogP contribution in [0.4, 0.5) is 16.2 Å². The molecule has 7 rings (SSSR count). The predicted octanol–water partition coefficient (Wildman–Crippen LogP) is 11.7. The Kier molecular flexibility index (Phi) is 15.2. The SMILES string of the molecule is CCCCCCCCCCCCOc1ccc(C)cc1NC(=O)c1cc(OC(=O)c2ccccc2N(C)C(=O)n2nnc3cc(C(=O)Oc4ccccc4)ccc32)c2ccccc2c1O. The quantitative estimate of drug-likeness (QED) is 0.0454. The van der Waals surface area contributed by atoms with Crippen molar-refractivity contribution < 1.29 is 38.5 Å². The van der Waals surface area contributed by atoms with Crippen LogP contribution in [0.2, 0.25) is 0 Å². The summed E-state index contributed by atoms with van der Waals surface area (Å²) >= 11 is 0. The van der Waals surface area contributed by atoms with E-state index in [1.54, 1.807) is 72.8 Å². The maximum atomic E-state index is 14.1. The van der Waals surface area contributed by atoms with Crippen LogP contribution in [-0.2, 0) is 0 Å². The summed E-state index contributed by atoms with van der Waals surface area (Å²) in [5, 5.41) is 23.2. The third-order valence-corrected chi connectivity index (χ3v) is 11.2. The maximum absolute atomic E-state index is 14.1. The summed E-state index contributed by atoms with van der Waals surface area (Å²) in [6, 6.07) is 32.5. The molecule has 65 heavy (non-hydrogen) atoms. The van der Waals surface area contributed by atoms with Gasteiger partial charge in [-0.05, 0) is 79.6 Å². The van der Waals surface area contributed by atoms with Gasteiger partial charge in [-0.1, -0.05) is 131 Å². The first kappa shape index (κ1) is 45.5. The molecule has 0 aliphatic rings. The molecule has 0 saturated carbocycles. The van der Waals surface area contributed by atoms with Crippen molar-refractivity contribution in [1.82, 2.24) is 15.0 Å². The van der Waals surface area contributed by atoms with Gasteiger partial charge in [-0.2, -0.15) is 4.68 Å². The van der Waals surface area contributed by atoms with Gasteiger partial charge >= 0.3 is 18.0 Å². The number of unbranched alkanes of at least 4 members (excludes halogenated alkanes) is 9. The van der Waals surface area contributed by atoms with Crippen molar-refractivity contribution in [3.05, 3.63) is 144 Å². The summed E-state index contributed by atoms with van der Waals surface area (Å²) in [5.41, 5.74) is 2.26. The number of para-hydroxylation sites is 2. The van der Waals surface area contributed by atoms with Gasteiger partial charge in [0.1, 0.15) is 28.5 Å². The van der Waals surface area contributed by atoms with Gasteiger partial charge in [0, 0.05) is 17.8 Å². The number of phenolic OH excluding ortho intramolecular Hbond substituents is 1. The Morgan fingerprint density at radius 1 is 0.677 bits per heavy atom. The fourth-order valence-corrected chi connectivity index (χ4v) is 7.60. The Bertz CT molecular complexity index is 2800. The smallest absolute Gasteiger partial charge is 0.350 e. The van der Waals surface area contributed by atoms with E-state index in [4.69, 9.17) is 14.2 Å².